The number of rotatable bonds is 3. The molecule has 0 aliphatic rings. The second-order valence-electron chi connectivity index (χ2n) is 4.52. The Kier molecular flexibility index (Phi) is 4.32. The first-order valence-corrected chi connectivity index (χ1v) is 6.45. The van der Waals surface area contributed by atoms with Crippen LogP contribution in [0.25, 0.3) is 5.69 Å². The quantitative estimate of drug-likeness (QED) is 0.827. The van der Waals surface area contributed by atoms with E-state index >= 15 is 0 Å². The van der Waals surface area contributed by atoms with Gasteiger partial charge in [-0.2, -0.15) is 5.26 Å². The van der Waals surface area contributed by atoms with E-state index in [0.29, 0.717) is 0 Å². The van der Waals surface area contributed by atoms with Crippen molar-refractivity contribution in [2.75, 3.05) is 19.9 Å². The lowest BCUT2D eigenvalue weighted by atomic mass is 10.1. The number of nitriles is 1. The number of carbonyl (C=O) groups is 2. The minimum atomic E-state index is -0.781. The molecule has 7 nitrogen and oxygen atoms in total. The number of nitrogens with one attached hydrogen (secondary N) is 1. The zero-order valence-electron chi connectivity index (χ0n) is 12.4. The number of halogens is 1. The molecule has 8 heteroatoms. The van der Waals surface area contributed by atoms with Crippen LogP contribution in [0.3, 0.4) is 0 Å². The van der Waals surface area contributed by atoms with E-state index in [0.717, 1.165) is 19.2 Å². The maximum Gasteiger partial charge on any atom is 0.357 e. The molecule has 0 saturated heterocycles. The van der Waals surface area contributed by atoms with Crippen LogP contribution < -0.4 is 11.1 Å². The third-order valence-corrected chi connectivity index (χ3v) is 3.23. The van der Waals surface area contributed by atoms with Crippen molar-refractivity contribution in [3.05, 3.63) is 47.0 Å². The number of benzene rings is 1. The summed E-state index contributed by atoms with van der Waals surface area (Å²) in [6, 6.07) is 5.32. The fourth-order valence-electron chi connectivity index (χ4n) is 2.14. The summed E-state index contributed by atoms with van der Waals surface area (Å²) in [5, 5.41) is 11.5. The van der Waals surface area contributed by atoms with Crippen molar-refractivity contribution in [3.8, 4) is 11.8 Å². The van der Waals surface area contributed by atoms with Crippen molar-refractivity contribution in [2.24, 2.45) is 0 Å². The van der Waals surface area contributed by atoms with Gasteiger partial charge in [-0.1, -0.05) is 0 Å². The Labute approximate surface area is 131 Å². The van der Waals surface area contributed by atoms with Gasteiger partial charge < -0.3 is 20.4 Å². The van der Waals surface area contributed by atoms with Crippen molar-refractivity contribution in [1.29, 1.82) is 5.26 Å². The van der Waals surface area contributed by atoms with Gasteiger partial charge in [0.1, 0.15) is 11.9 Å². The third kappa shape index (κ3) is 2.72. The van der Waals surface area contributed by atoms with Crippen molar-refractivity contribution < 1.29 is 18.7 Å². The summed E-state index contributed by atoms with van der Waals surface area (Å²) in [5.74, 6) is -1.95. The predicted molar refractivity (Wildman–Crippen MR) is 79.6 cm³/mol. The average molecular weight is 316 g/mol. The monoisotopic (exact) mass is 316 g/mol. The smallest absolute Gasteiger partial charge is 0.357 e. The Bertz CT molecular complexity index is 836. The fourth-order valence-corrected chi connectivity index (χ4v) is 2.14. The van der Waals surface area contributed by atoms with Crippen molar-refractivity contribution >= 4 is 17.6 Å². The number of amides is 1. The first-order valence-electron chi connectivity index (χ1n) is 6.45. The summed E-state index contributed by atoms with van der Waals surface area (Å²) in [6.45, 7) is 0. The number of hydrogen-bond donors (Lipinski definition) is 2. The molecule has 2 aromatic rings. The molecule has 23 heavy (non-hydrogen) atoms. The molecule has 1 aromatic carbocycles. The van der Waals surface area contributed by atoms with Gasteiger partial charge >= 0.3 is 5.97 Å². The van der Waals surface area contributed by atoms with E-state index in [2.05, 4.69) is 10.1 Å². The summed E-state index contributed by atoms with van der Waals surface area (Å²) in [4.78, 5) is 23.9. The van der Waals surface area contributed by atoms with Gasteiger partial charge in [0.15, 0.2) is 5.69 Å². The van der Waals surface area contributed by atoms with Gasteiger partial charge in [-0.15, -0.1) is 0 Å². The maximum atomic E-state index is 13.5. The van der Waals surface area contributed by atoms with E-state index in [1.54, 1.807) is 0 Å². The lowest BCUT2D eigenvalue weighted by Gasteiger charge is -2.12. The van der Waals surface area contributed by atoms with Gasteiger partial charge in [0.25, 0.3) is 5.91 Å². The van der Waals surface area contributed by atoms with Gasteiger partial charge in [0, 0.05) is 13.2 Å². The molecule has 0 unspecified atom stereocenters. The first kappa shape index (κ1) is 16.0. The number of methoxy groups -OCH3 is 1. The molecule has 0 saturated carbocycles. The Morgan fingerprint density at radius 1 is 1.43 bits per heavy atom. The van der Waals surface area contributed by atoms with Crippen LogP contribution in [-0.2, 0) is 4.74 Å². The molecule has 1 aromatic heterocycles. The zero-order chi connectivity index (χ0) is 17.1. The second-order valence-corrected chi connectivity index (χ2v) is 4.52. The SMILES string of the molecule is CNC(=O)c1cc(F)ccc1-n1cc(C#N)c(N)c1C(=O)OC. The van der Waals surface area contributed by atoms with Crippen LogP contribution in [0, 0.1) is 17.1 Å². The van der Waals surface area contributed by atoms with Crippen LogP contribution in [0.4, 0.5) is 10.1 Å². The van der Waals surface area contributed by atoms with Crippen molar-refractivity contribution in [2.45, 2.75) is 0 Å². The highest BCUT2D eigenvalue weighted by atomic mass is 19.1. The molecular formula is C15H13FN4O3. The van der Waals surface area contributed by atoms with E-state index in [-0.39, 0.29) is 28.2 Å². The van der Waals surface area contributed by atoms with E-state index in [4.69, 9.17) is 11.0 Å². The third-order valence-electron chi connectivity index (χ3n) is 3.23. The number of nitrogen functional groups attached to an aromatic ring is 1. The van der Waals surface area contributed by atoms with Gasteiger partial charge in [0.2, 0.25) is 0 Å². The molecule has 1 amide bonds. The highest BCUT2D eigenvalue weighted by Gasteiger charge is 2.24. The molecule has 0 aliphatic heterocycles. The summed E-state index contributed by atoms with van der Waals surface area (Å²) in [7, 11) is 2.55. The Morgan fingerprint density at radius 2 is 2.13 bits per heavy atom. The summed E-state index contributed by atoms with van der Waals surface area (Å²) >= 11 is 0. The van der Waals surface area contributed by atoms with E-state index in [1.807, 2.05) is 6.07 Å². The minimum Gasteiger partial charge on any atom is -0.464 e. The summed E-state index contributed by atoms with van der Waals surface area (Å²) < 4.78 is 19.4. The highest BCUT2D eigenvalue weighted by molar-refractivity contribution is 6.00. The second kappa shape index (κ2) is 6.19. The molecular weight excluding hydrogens is 303 g/mol. The van der Waals surface area contributed by atoms with Gasteiger partial charge in [-0.05, 0) is 18.2 Å². The van der Waals surface area contributed by atoms with Crippen LogP contribution in [-0.4, -0.2) is 30.6 Å². The number of hydrogen-bond acceptors (Lipinski definition) is 5. The number of carbonyl (C=O) groups excluding carboxylic acids is 2. The molecule has 0 fully saturated rings. The molecule has 0 aliphatic carbocycles. The number of esters is 1. The lowest BCUT2D eigenvalue weighted by Crippen LogP contribution is -2.21. The number of nitrogens with zero attached hydrogens (tertiary/aromatic N) is 2. The molecule has 1 heterocycles. The van der Waals surface area contributed by atoms with Gasteiger partial charge in [-0.3, -0.25) is 4.79 Å². The maximum absolute atomic E-state index is 13.5. The minimum absolute atomic E-state index is 0.0165. The Hall–Kier alpha value is -3.34. The van der Waals surface area contributed by atoms with E-state index in [1.165, 1.54) is 23.9 Å². The van der Waals surface area contributed by atoms with Crippen LogP contribution >= 0.6 is 0 Å². The molecule has 0 bridgehead atoms. The van der Waals surface area contributed by atoms with Gasteiger partial charge in [-0.25, -0.2) is 9.18 Å². The van der Waals surface area contributed by atoms with E-state index in [9.17, 15) is 14.0 Å². The number of nitrogens with two attached hydrogens (primary N) is 1. The normalized spacial score (nSPS) is 10.0. The van der Waals surface area contributed by atoms with Crippen molar-refractivity contribution in [3.63, 3.8) is 0 Å². The van der Waals surface area contributed by atoms with Crippen LogP contribution in [0.1, 0.15) is 26.4 Å². The Balaban J connectivity index is 2.80. The number of ether oxygens (including phenoxy) is 1. The predicted octanol–water partition coefficient (Wildman–Crippen LogP) is 1.22. The van der Waals surface area contributed by atoms with Crippen LogP contribution in [0.15, 0.2) is 24.4 Å². The molecule has 3 N–H and O–H groups in total. The Morgan fingerprint density at radius 3 is 2.70 bits per heavy atom. The summed E-state index contributed by atoms with van der Waals surface area (Å²) in [5.41, 5.74) is 5.83. The molecule has 0 atom stereocenters. The van der Waals surface area contributed by atoms with Crippen LogP contribution in [0.5, 0.6) is 0 Å². The largest absolute Gasteiger partial charge is 0.464 e. The molecule has 118 valence electrons. The lowest BCUT2D eigenvalue weighted by molar-refractivity contribution is 0.0592. The topological polar surface area (TPSA) is 110 Å². The average Bonchev–Trinajstić information content (AvgIpc) is 2.89. The number of aromatic nitrogens is 1. The molecule has 0 radical (unpaired) electrons. The summed E-state index contributed by atoms with van der Waals surface area (Å²) in [6.07, 6.45) is 1.29. The first-order chi connectivity index (χ1) is 10.9. The molecule has 2 rings (SSSR count). The standard InChI is InChI=1S/C15H13FN4O3/c1-19-14(21)10-5-9(16)3-4-11(10)20-7-8(6-17)12(18)13(20)15(22)23-2/h3-5,7H,18H2,1-2H3,(H,19,21). The molecule has 0 spiro atoms. The highest BCUT2D eigenvalue weighted by Crippen LogP contribution is 2.27. The van der Waals surface area contributed by atoms with Crippen molar-refractivity contribution in [1.82, 2.24) is 9.88 Å². The zero-order valence-corrected chi connectivity index (χ0v) is 12.4. The number of anilines is 1. The van der Waals surface area contributed by atoms with E-state index < -0.39 is 17.7 Å². The fraction of sp³-hybridized carbons (Fsp3) is 0.133. The van der Waals surface area contributed by atoms with Gasteiger partial charge in [0.05, 0.1) is 29.6 Å². The van der Waals surface area contributed by atoms with Crippen LogP contribution in [0.2, 0.25) is 0 Å².